The summed E-state index contributed by atoms with van der Waals surface area (Å²) in [7, 11) is 0. The Balaban J connectivity index is 1.60. The monoisotopic (exact) mass is 480 g/mol. The predicted molar refractivity (Wildman–Crippen MR) is 115 cm³/mol. The lowest BCUT2D eigenvalue weighted by Gasteiger charge is -2.44. The van der Waals surface area contributed by atoms with Gasteiger partial charge >= 0.3 is 12.5 Å². The quantitative estimate of drug-likeness (QED) is 0.647. The van der Waals surface area contributed by atoms with Crippen LogP contribution in [0.5, 0.6) is 0 Å². The number of aromatic nitrogens is 2. The minimum absolute atomic E-state index is 0.0440. The van der Waals surface area contributed by atoms with Gasteiger partial charge in [-0.1, -0.05) is 19.3 Å². The first-order chi connectivity index (χ1) is 16.0. The lowest BCUT2D eigenvalue weighted by atomic mass is 9.80. The van der Waals surface area contributed by atoms with E-state index in [0.717, 1.165) is 25.3 Å². The third kappa shape index (κ3) is 4.74. The topological polar surface area (TPSA) is 97.6 Å². The number of nitrogens with one attached hydrogen (secondary N) is 1. The molecule has 0 atom stereocenters. The number of hydrogen-bond donors (Lipinski definition) is 1. The van der Waals surface area contributed by atoms with Crippen LogP contribution in [0.25, 0.3) is 11.5 Å². The molecule has 1 aliphatic heterocycles. The van der Waals surface area contributed by atoms with Crippen LogP contribution < -0.4 is 5.32 Å². The Morgan fingerprint density at radius 2 is 1.94 bits per heavy atom. The minimum Gasteiger partial charge on any atom is -0.444 e. The average molecular weight is 480 g/mol. The highest BCUT2D eigenvalue weighted by Crippen LogP contribution is 2.40. The summed E-state index contributed by atoms with van der Waals surface area (Å²) in [5.74, 6) is -2.22. The molecule has 0 spiro atoms. The van der Waals surface area contributed by atoms with Crippen molar-refractivity contribution in [1.82, 2.24) is 20.4 Å². The molecule has 4 rings (SSSR count). The van der Waals surface area contributed by atoms with Crippen molar-refractivity contribution in [3.8, 4) is 11.5 Å². The van der Waals surface area contributed by atoms with Gasteiger partial charge in [-0.15, -0.1) is 10.2 Å². The molecule has 1 fully saturated rings. The number of halogens is 3. The third-order valence-corrected chi connectivity index (χ3v) is 6.18. The van der Waals surface area contributed by atoms with Gasteiger partial charge in [0.25, 0.3) is 11.8 Å². The fourth-order valence-electron chi connectivity index (χ4n) is 4.61. The van der Waals surface area contributed by atoms with Crippen molar-refractivity contribution in [3.05, 3.63) is 35.0 Å². The number of hydrogen-bond acceptors (Lipinski definition) is 6. The molecular formula is C23H27F3N4O4. The summed E-state index contributed by atoms with van der Waals surface area (Å²) >= 11 is 0. The summed E-state index contributed by atoms with van der Waals surface area (Å²) in [4.78, 5) is 27.4. The Hall–Kier alpha value is -3.11. The first kappa shape index (κ1) is 24.0. The summed E-state index contributed by atoms with van der Waals surface area (Å²) in [5.41, 5.74) is -0.971. The van der Waals surface area contributed by atoms with Crippen LogP contribution in [-0.2, 0) is 11.3 Å². The van der Waals surface area contributed by atoms with E-state index in [1.165, 1.54) is 6.07 Å². The van der Waals surface area contributed by atoms with E-state index < -0.39 is 41.3 Å². The third-order valence-electron chi connectivity index (χ3n) is 6.18. The predicted octanol–water partition coefficient (Wildman–Crippen LogP) is 5.00. The summed E-state index contributed by atoms with van der Waals surface area (Å²) in [6.07, 6.45) is 0.495. The van der Waals surface area contributed by atoms with Crippen molar-refractivity contribution < 1.29 is 31.9 Å². The minimum atomic E-state index is -2.96. The standard InChI is InChI=1S/C23H27F3N4O4/c1-22(2,3)34-21(32)27-12-23(7-5-4-6-8-23)30-11-15-14(20(30)31)9-13(10-16(15)24)18-28-29-19(33-18)17(25)26/h9-10,17H,4-8,11-12H2,1-3H3,(H,27,32). The molecule has 34 heavy (non-hydrogen) atoms. The van der Waals surface area contributed by atoms with E-state index >= 15 is 4.39 Å². The first-order valence-electron chi connectivity index (χ1n) is 11.2. The van der Waals surface area contributed by atoms with Gasteiger partial charge in [-0.05, 0) is 45.7 Å². The number of nitrogens with zero attached hydrogens (tertiary/aromatic N) is 3. The molecule has 1 aliphatic carbocycles. The molecule has 1 saturated carbocycles. The number of fused-ring (bicyclic) bond motifs is 1. The van der Waals surface area contributed by atoms with Gasteiger partial charge in [-0.25, -0.2) is 9.18 Å². The SMILES string of the molecule is CC(C)(C)OC(=O)NCC1(N2Cc3c(F)cc(-c4nnc(C(F)F)o4)cc3C2=O)CCCCC1. The van der Waals surface area contributed by atoms with Gasteiger partial charge in [-0.2, -0.15) is 8.78 Å². The largest absolute Gasteiger partial charge is 0.444 e. The van der Waals surface area contributed by atoms with Gasteiger partial charge in [-0.3, -0.25) is 4.79 Å². The van der Waals surface area contributed by atoms with Crippen LogP contribution >= 0.6 is 0 Å². The van der Waals surface area contributed by atoms with E-state index in [9.17, 15) is 18.4 Å². The summed E-state index contributed by atoms with van der Waals surface area (Å²) in [6.45, 7) is 5.51. The van der Waals surface area contributed by atoms with Crippen LogP contribution in [0.1, 0.15) is 81.1 Å². The first-order valence-corrected chi connectivity index (χ1v) is 11.2. The van der Waals surface area contributed by atoms with Gasteiger partial charge < -0.3 is 19.4 Å². The zero-order valence-electron chi connectivity index (χ0n) is 19.3. The molecule has 184 valence electrons. The summed E-state index contributed by atoms with van der Waals surface area (Å²) in [6, 6.07) is 2.49. The number of alkyl carbamates (subject to hydrolysis) is 1. The van der Waals surface area contributed by atoms with E-state index in [1.54, 1.807) is 25.7 Å². The Morgan fingerprint density at radius 3 is 2.56 bits per heavy atom. The molecule has 8 nitrogen and oxygen atoms in total. The fraction of sp³-hybridized carbons (Fsp3) is 0.565. The molecule has 0 saturated heterocycles. The average Bonchev–Trinajstić information content (AvgIpc) is 3.38. The van der Waals surface area contributed by atoms with Crippen molar-refractivity contribution in [2.75, 3.05) is 6.54 Å². The number of amides is 2. The normalized spacial score (nSPS) is 17.7. The fourth-order valence-corrected chi connectivity index (χ4v) is 4.61. The molecule has 2 aromatic rings. The molecule has 2 aliphatic rings. The molecule has 1 aromatic heterocycles. The highest BCUT2D eigenvalue weighted by molar-refractivity contribution is 6.00. The lowest BCUT2D eigenvalue weighted by Crippen LogP contribution is -2.57. The van der Waals surface area contributed by atoms with Gasteiger partial charge in [0.2, 0.25) is 5.89 Å². The van der Waals surface area contributed by atoms with E-state index in [0.29, 0.717) is 12.8 Å². The van der Waals surface area contributed by atoms with Crippen molar-refractivity contribution >= 4 is 12.0 Å². The van der Waals surface area contributed by atoms with Crippen LogP contribution in [0, 0.1) is 5.82 Å². The number of benzene rings is 1. The number of carbonyl (C=O) groups is 2. The second-order valence-corrected chi connectivity index (χ2v) is 9.76. The molecule has 11 heteroatoms. The number of alkyl halides is 2. The van der Waals surface area contributed by atoms with E-state index in [2.05, 4.69) is 15.5 Å². The van der Waals surface area contributed by atoms with Crippen LogP contribution in [0.15, 0.2) is 16.5 Å². The zero-order chi connectivity index (χ0) is 24.7. The smallest absolute Gasteiger partial charge is 0.407 e. The molecule has 1 N–H and O–H groups in total. The van der Waals surface area contributed by atoms with Crippen LogP contribution in [-0.4, -0.2) is 44.8 Å². The maximum Gasteiger partial charge on any atom is 0.407 e. The highest BCUT2D eigenvalue weighted by atomic mass is 19.3. The van der Waals surface area contributed by atoms with Crippen LogP contribution in [0.4, 0.5) is 18.0 Å². The van der Waals surface area contributed by atoms with Gasteiger partial charge in [0.1, 0.15) is 11.4 Å². The lowest BCUT2D eigenvalue weighted by molar-refractivity contribution is 0.0265. The Kier molecular flexibility index (Phi) is 6.30. The maximum atomic E-state index is 15.0. The van der Waals surface area contributed by atoms with E-state index in [4.69, 9.17) is 9.15 Å². The van der Waals surface area contributed by atoms with Crippen LogP contribution in [0.3, 0.4) is 0 Å². The second kappa shape index (κ2) is 8.92. The highest BCUT2D eigenvalue weighted by Gasteiger charge is 2.46. The second-order valence-electron chi connectivity index (χ2n) is 9.76. The van der Waals surface area contributed by atoms with E-state index in [-0.39, 0.29) is 35.7 Å². The Bertz CT molecular complexity index is 1090. The van der Waals surface area contributed by atoms with Gasteiger partial charge in [0.05, 0.1) is 12.1 Å². The molecule has 2 amide bonds. The van der Waals surface area contributed by atoms with Crippen LogP contribution in [0.2, 0.25) is 0 Å². The van der Waals surface area contributed by atoms with Crippen molar-refractivity contribution in [1.29, 1.82) is 0 Å². The Morgan fingerprint density at radius 1 is 1.24 bits per heavy atom. The zero-order valence-corrected chi connectivity index (χ0v) is 19.3. The number of rotatable bonds is 5. The van der Waals surface area contributed by atoms with E-state index in [1.807, 2.05) is 0 Å². The van der Waals surface area contributed by atoms with Gasteiger partial charge in [0.15, 0.2) is 0 Å². The number of carbonyl (C=O) groups excluding carboxylic acids is 2. The molecule has 2 heterocycles. The summed E-state index contributed by atoms with van der Waals surface area (Å²) in [5, 5.41) is 9.60. The summed E-state index contributed by atoms with van der Waals surface area (Å²) < 4.78 is 50.9. The number of ether oxygens (including phenoxy) is 1. The maximum absolute atomic E-state index is 15.0. The Labute approximate surface area is 194 Å². The molecular weight excluding hydrogens is 453 g/mol. The van der Waals surface area contributed by atoms with Crippen molar-refractivity contribution in [3.63, 3.8) is 0 Å². The molecule has 0 bridgehead atoms. The van der Waals surface area contributed by atoms with Crippen molar-refractivity contribution in [2.45, 2.75) is 77.0 Å². The van der Waals surface area contributed by atoms with Gasteiger partial charge in [0, 0.05) is 23.2 Å². The molecule has 0 radical (unpaired) electrons. The molecule has 0 unspecified atom stereocenters. The van der Waals surface area contributed by atoms with Crippen molar-refractivity contribution in [2.24, 2.45) is 0 Å². The molecule has 1 aromatic carbocycles.